The first kappa shape index (κ1) is 7.61. The number of rotatable bonds is 2. The molecule has 4 heteroatoms. The molecule has 0 N–H and O–H groups in total. The van der Waals surface area contributed by atoms with Crippen LogP contribution in [0.3, 0.4) is 0 Å². The van der Waals surface area contributed by atoms with E-state index in [0.717, 1.165) is 6.20 Å². The summed E-state index contributed by atoms with van der Waals surface area (Å²) in [7, 11) is 1.37. The number of hydrogen-bond acceptors (Lipinski definition) is 2. The van der Waals surface area contributed by atoms with Crippen LogP contribution in [0.5, 0.6) is 5.88 Å². The van der Waals surface area contributed by atoms with Crippen LogP contribution in [0.25, 0.3) is 0 Å². The fraction of sp³-hybridized carbons (Fsp3) is 0.286. The largest absolute Gasteiger partial charge is 0.479 e. The molecule has 0 aliphatic heterocycles. The van der Waals surface area contributed by atoms with E-state index in [4.69, 9.17) is 11.2 Å². The number of aromatic nitrogens is 2. The lowest BCUT2D eigenvalue weighted by atomic mass is 10.6. The van der Waals surface area contributed by atoms with Gasteiger partial charge in [-0.05, 0) is 0 Å². The number of ether oxygens (including phenoxy) is 1. The van der Waals surface area contributed by atoms with E-state index in [1.54, 1.807) is 0 Å². The Kier molecular flexibility index (Phi) is 2.12. The molecule has 1 aromatic rings. The summed E-state index contributed by atoms with van der Waals surface area (Å²) in [5.74, 6) is 1.90. The predicted octanol–water partition coefficient (Wildman–Crippen LogP) is 0.664. The third-order valence-corrected chi connectivity index (χ3v) is 1.18. The highest BCUT2D eigenvalue weighted by Gasteiger charge is 2.08. The molecule has 0 aromatic carbocycles. The van der Waals surface area contributed by atoms with Crippen LogP contribution in [-0.2, 0) is 6.54 Å². The van der Waals surface area contributed by atoms with Gasteiger partial charge in [0, 0.05) is 0 Å². The maximum absolute atomic E-state index is 12.7. The monoisotopic (exact) mass is 154 g/mol. The van der Waals surface area contributed by atoms with Crippen molar-refractivity contribution in [2.45, 2.75) is 6.54 Å². The molecule has 0 atom stereocenters. The molecule has 0 saturated heterocycles. The second-order valence-corrected chi connectivity index (χ2v) is 1.86. The summed E-state index contributed by atoms with van der Waals surface area (Å²) >= 11 is 0. The van der Waals surface area contributed by atoms with Crippen molar-refractivity contribution < 1.29 is 9.13 Å². The Labute approximate surface area is 63.8 Å². The number of methoxy groups -OCH3 is 1. The van der Waals surface area contributed by atoms with Gasteiger partial charge >= 0.3 is 0 Å². The zero-order valence-electron chi connectivity index (χ0n) is 6.04. The van der Waals surface area contributed by atoms with E-state index < -0.39 is 5.82 Å². The first-order valence-corrected chi connectivity index (χ1v) is 2.98. The smallest absolute Gasteiger partial charge is 0.249 e. The standard InChI is InChI=1S/C7H7FN2O/c1-3-4-10-7(11-2)6(8)5-9-10/h1,5H,4H2,2H3. The molecule has 1 rings (SSSR count). The van der Waals surface area contributed by atoms with E-state index in [0.29, 0.717) is 0 Å². The van der Waals surface area contributed by atoms with E-state index >= 15 is 0 Å². The first-order valence-electron chi connectivity index (χ1n) is 2.98. The zero-order valence-corrected chi connectivity index (χ0v) is 6.04. The highest BCUT2D eigenvalue weighted by atomic mass is 19.1. The van der Waals surface area contributed by atoms with Gasteiger partial charge in [0.15, 0.2) is 0 Å². The first-order chi connectivity index (χ1) is 5.29. The molecule has 11 heavy (non-hydrogen) atoms. The fourth-order valence-corrected chi connectivity index (χ4v) is 0.753. The molecule has 0 unspecified atom stereocenters. The van der Waals surface area contributed by atoms with Crippen molar-refractivity contribution in [3.05, 3.63) is 12.0 Å². The van der Waals surface area contributed by atoms with Gasteiger partial charge in [0.25, 0.3) is 0 Å². The Bertz CT molecular complexity index is 287. The van der Waals surface area contributed by atoms with Crippen molar-refractivity contribution in [1.82, 2.24) is 9.78 Å². The molecule has 0 bridgehead atoms. The normalized spacial score (nSPS) is 9.18. The molecule has 0 aliphatic carbocycles. The molecule has 0 radical (unpaired) electrons. The summed E-state index contributed by atoms with van der Waals surface area (Å²) in [6.45, 7) is 0.215. The Morgan fingerprint density at radius 1 is 1.91 bits per heavy atom. The van der Waals surface area contributed by atoms with Gasteiger partial charge in [-0.1, -0.05) is 5.92 Å². The number of halogens is 1. The Hall–Kier alpha value is -1.50. The van der Waals surface area contributed by atoms with E-state index in [1.165, 1.54) is 11.8 Å². The number of hydrogen-bond donors (Lipinski definition) is 0. The molecule has 0 saturated carbocycles. The molecule has 0 aliphatic rings. The average molecular weight is 154 g/mol. The summed E-state index contributed by atoms with van der Waals surface area (Å²) < 4.78 is 18.6. The molecular formula is C7H7FN2O. The third-order valence-electron chi connectivity index (χ3n) is 1.18. The minimum atomic E-state index is -0.497. The van der Waals surface area contributed by atoms with E-state index in [1.807, 2.05) is 0 Å². The van der Waals surface area contributed by atoms with Crippen LogP contribution in [0, 0.1) is 18.2 Å². The number of nitrogens with zero attached hydrogens (tertiary/aromatic N) is 2. The molecule has 1 aromatic heterocycles. The van der Waals surface area contributed by atoms with Gasteiger partial charge in [-0.2, -0.15) is 9.49 Å². The second-order valence-electron chi connectivity index (χ2n) is 1.86. The minimum absolute atomic E-state index is 0.0722. The maximum Gasteiger partial charge on any atom is 0.249 e. The SMILES string of the molecule is C#CCn1ncc(F)c1OC. The van der Waals surface area contributed by atoms with E-state index in [-0.39, 0.29) is 12.4 Å². The summed E-state index contributed by atoms with van der Waals surface area (Å²) in [5, 5.41) is 3.65. The highest BCUT2D eigenvalue weighted by Crippen LogP contribution is 2.14. The van der Waals surface area contributed by atoms with Gasteiger partial charge in [0.05, 0.1) is 13.3 Å². The number of terminal acetylenes is 1. The summed E-state index contributed by atoms with van der Waals surface area (Å²) in [6.07, 6.45) is 6.07. The lowest BCUT2D eigenvalue weighted by Crippen LogP contribution is -2.01. The molecular weight excluding hydrogens is 147 g/mol. The van der Waals surface area contributed by atoms with Crippen molar-refractivity contribution in [2.75, 3.05) is 7.11 Å². The molecule has 3 nitrogen and oxygen atoms in total. The van der Waals surface area contributed by atoms with Gasteiger partial charge in [0.2, 0.25) is 11.7 Å². The predicted molar refractivity (Wildman–Crippen MR) is 37.6 cm³/mol. The van der Waals surface area contributed by atoms with E-state index in [2.05, 4.69) is 11.0 Å². The van der Waals surface area contributed by atoms with Crippen LogP contribution >= 0.6 is 0 Å². The minimum Gasteiger partial charge on any atom is -0.479 e. The van der Waals surface area contributed by atoms with Crippen LogP contribution in [0.4, 0.5) is 4.39 Å². The Morgan fingerprint density at radius 3 is 3.18 bits per heavy atom. The third kappa shape index (κ3) is 1.32. The topological polar surface area (TPSA) is 27.1 Å². The van der Waals surface area contributed by atoms with Crippen LogP contribution in [0.1, 0.15) is 0 Å². The molecule has 0 fully saturated rings. The van der Waals surface area contributed by atoms with Crippen LogP contribution in [0.15, 0.2) is 6.20 Å². The summed E-state index contributed by atoms with van der Waals surface area (Å²) in [4.78, 5) is 0. The average Bonchev–Trinajstić information content (AvgIpc) is 2.33. The van der Waals surface area contributed by atoms with Crippen LogP contribution < -0.4 is 4.74 Å². The molecule has 58 valence electrons. The highest BCUT2D eigenvalue weighted by molar-refractivity contribution is 5.12. The molecule has 0 spiro atoms. The second kappa shape index (κ2) is 3.06. The van der Waals surface area contributed by atoms with Crippen molar-refractivity contribution in [3.8, 4) is 18.2 Å². The van der Waals surface area contributed by atoms with Crippen LogP contribution in [0.2, 0.25) is 0 Å². The Morgan fingerprint density at radius 2 is 2.64 bits per heavy atom. The van der Waals surface area contributed by atoms with Crippen molar-refractivity contribution in [3.63, 3.8) is 0 Å². The lowest BCUT2D eigenvalue weighted by Gasteiger charge is -2.00. The van der Waals surface area contributed by atoms with Crippen molar-refractivity contribution in [1.29, 1.82) is 0 Å². The van der Waals surface area contributed by atoms with Crippen molar-refractivity contribution in [2.24, 2.45) is 0 Å². The van der Waals surface area contributed by atoms with Gasteiger partial charge in [-0.3, -0.25) is 0 Å². The molecule has 1 heterocycles. The van der Waals surface area contributed by atoms with Gasteiger partial charge in [-0.15, -0.1) is 6.42 Å². The van der Waals surface area contributed by atoms with Crippen molar-refractivity contribution >= 4 is 0 Å². The van der Waals surface area contributed by atoms with Crippen LogP contribution in [-0.4, -0.2) is 16.9 Å². The van der Waals surface area contributed by atoms with E-state index in [9.17, 15) is 4.39 Å². The fourth-order valence-electron chi connectivity index (χ4n) is 0.753. The van der Waals surface area contributed by atoms with Gasteiger partial charge in [-0.25, -0.2) is 4.68 Å². The van der Waals surface area contributed by atoms with Gasteiger partial charge in [0.1, 0.15) is 6.54 Å². The van der Waals surface area contributed by atoms with Gasteiger partial charge < -0.3 is 4.74 Å². The zero-order chi connectivity index (χ0) is 8.27. The quantitative estimate of drug-likeness (QED) is 0.585. The maximum atomic E-state index is 12.7. The Balaban J connectivity index is 2.97. The molecule has 0 amide bonds. The summed E-state index contributed by atoms with van der Waals surface area (Å²) in [5.41, 5.74) is 0. The summed E-state index contributed by atoms with van der Waals surface area (Å²) in [6, 6.07) is 0. The lowest BCUT2D eigenvalue weighted by molar-refractivity contribution is 0.348.